The van der Waals surface area contributed by atoms with Gasteiger partial charge in [-0.15, -0.1) is 0 Å². The number of hydrogen-bond acceptors (Lipinski definition) is 5. The Morgan fingerprint density at radius 1 is 1.37 bits per heavy atom. The summed E-state index contributed by atoms with van der Waals surface area (Å²) < 4.78 is 9.32. The Morgan fingerprint density at radius 2 is 1.95 bits per heavy atom. The first-order chi connectivity index (χ1) is 9.01. The molecule has 7 heteroatoms. The Bertz CT molecular complexity index is 434. The summed E-state index contributed by atoms with van der Waals surface area (Å²) in [5, 5.41) is 18.1. The molecule has 0 amide bonds. The zero-order valence-corrected chi connectivity index (χ0v) is 10.8. The maximum absolute atomic E-state index is 11.7. The van der Waals surface area contributed by atoms with E-state index in [1.54, 1.807) is 19.7 Å². The molecule has 0 heterocycles. The molecule has 1 N–H and O–H groups in total. The van der Waals surface area contributed by atoms with E-state index < -0.39 is 36.1 Å². The van der Waals surface area contributed by atoms with Crippen molar-refractivity contribution >= 4 is 17.8 Å². The monoisotopic (exact) mass is 267 g/mol. The summed E-state index contributed by atoms with van der Waals surface area (Å²) in [6.07, 6.45) is -0.541. The van der Waals surface area contributed by atoms with E-state index in [1.165, 1.54) is 0 Å². The second-order valence-electron chi connectivity index (χ2n) is 3.51. The lowest BCUT2D eigenvalue weighted by Gasteiger charge is -2.18. The fraction of sp³-hybridized carbons (Fsp3) is 0.583. The highest BCUT2D eigenvalue weighted by molar-refractivity contribution is 6.00. The molecular weight excluding hydrogens is 252 g/mol. The second kappa shape index (κ2) is 8.03. The molecule has 0 aromatic rings. The molecule has 19 heavy (non-hydrogen) atoms. The summed E-state index contributed by atoms with van der Waals surface area (Å²) in [6, 6.07) is 0. The number of ether oxygens (including phenoxy) is 2. The average molecular weight is 267 g/mol. The first kappa shape index (κ1) is 16.8. The number of nitrogens with zero attached hydrogens (tertiary/aromatic N) is 2. The topological polar surface area (TPSA) is 99.5 Å². The highest BCUT2D eigenvalue weighted by Gasteiger charge is 2.48. The van der Waals surface area contributed by atoms with E-state index >= 15 is 0 Å². The van der Waals surface area contributed by atoms with E-state index in [4.69, 9.17) is 12.0 Å². The number of aliphatic hydroxyl groups excluding tert-OH is 1. The van der Waals surface area contributed by atoms with Crippen molar-refractivity contribution in [3.05, 3.63) is 22.4 Å². The van der Waals surface area contributed by atoms with E-state index in [2.05, 4.69) is 14.3 Å². The van der Waals surface area contributed by atoms with Crippen molar-refractivity contribution in [2.45, 2.75) is 25.8 Å². The van der Waals surface area contributed by atoms with Gasteiger partial charge in [0.1, 0.15) is 6.61 Å². The van der Waals surface area contributed by atoms with Gasteiger partial charge in [-0.3, -0.25) is 10.7 Å². The van der Waals surface area contributed by atoms with Gasteiger partial charge in [-0.2, -0.15) is 0 Å². The third-order valence-electron chi connectivity index (χ3n) is 2.26. The van der Waals surface area contributed by atoms with Gasteiger partial charge in [0.05, 0.1) is 25.2 Å². The zero-order valence-electron chi connectivity index (χ0n) is 10.8. The molecule has 0 bridgehead atoms. The third-order valence-corrected chi connectivity index (χ3v) is 2.26. The minimum atomic E-state index is -1.98. The van der Waals surface area contributed by atoms with E-state index in [0.29, 0.717) is 0 Å². The second-order valence-corrected chi connectivity index (χ2v) is 3.51. The van der Waals surface area contributed by atoms with Crippen molar-refractivity contribution in [1.82, 2.24) is 0 Å². The molecule has 0 rings (SSSR count). The maximum Gasteiger partial charge on any atom is 0.396 e. The Balaban J connectivity index is 5.24. The molecular formula is C12H15N2O5-. The van der Waals surface area contributed by atoms with Crippen LogP contribution in [0.1, 0.15) is 20.3 Å². The van der Waals surface area contributed by atoms with Crippen LogP contribution in [0.15, 0.2) is 5.57 Å². The van der Waals surface area contributed by atoms with Gasteiger partial charge in [-0.25, -0.2) is 16.2 Å². The highest BCUT2D eigenvalue weighted by atomic mass is 16.5. The number of carbonyl (C=O) groups excluding carboxylic acids is 2. The minimum Gasteiger partial charge on any atom is -0.763 e. The van der Waals surface area contributed by atoms with Gasteiger partial charge in [0, 0.05) is 0 Å². The molecule has 0 spiro atoms. The maximum atomic E-state index is 11.7. The Morgan fingerprint density at radius 3 is 2.32 bits per heavy atom. The number of esters is 2. The van der Waals surface area contributed by atoms with Crippen LogP contribution < -0.4 is 0 Å². The van der Waals surface area contributed by atoms with Gasteiger partial charge in [0.15, 0.2) is 0 Å². The predicted molar refractivity (Wildman–Crippen MR) is 66.2 cm³/mol. The van der Waals surface area contributed by atoms with E-state index in [1.807, 2.05) is 0 Å². The summed E-state index contributed by atoms with van der Waals surface area (Å²) in [4.78, 5) is 26.2. The lowest BCUT2D eigenvalue weighted by atomic mass is 9.92. The van der Waals surface area contributed by atoms with Gasteiger partial charge in [0.25, 0.3) is 0 Å². The van der Waals surface area contributed by atoms with Crippen LogP contribution in [-0.4, -0.2) is 48.3 Å². The van der Waals surface area contributed by atoms with E-state index in [-0.39, 0.29) is 13.2 Å². The number of hydrogen-bond donors (Lipinski definition) is 1. The van der Waals surface area contributed by atoms with Crippen molar-refractivity contribution in [2.75, 3.05) is 19.8 Å². The van der Waals surface area contributed by atoms with Crippen LogP contribution in [0.4, 0.5) is 0 Å². The zero-order chi connectivity index (χ0) is 14.9. The van der Waals surface area contributed by atoms with Crippen LogP contribution in [0, 0.1) is 6.57 Å². The molecule has 7 nitrogen and oxygen atoms in total. The van der Waals surface area contributed by atoms with Crippen LogP contribution in [-0.2, 0) is 19.1 Å². The lowest BCUT2D eigenvalue weighted by Crippen LogP contribution is -2.42. The van der Waals surface area contributed by atoms with Gasteiger partial charge < -0.3 is 20.0 Å². The average Bonchev–Trinajstić information content (AvgIpc) is 2.41. The molecule has 0 saturated carbocycles. The normalized spacial score (nSPS) is 12.5. The Labute approximate surface area is 111 Å². The smallest absolute Gasteiger partial charge is 0.396 e. The van der Waals surface area contributed by atoms with Gasteiger partial charge in [-0.05, 0) is 13.8 Å². The molecule has 0 radical (unpaired) electrons. The van der Waals surface area contributed by atoms with Crippen LogP contribution >= 0.6 is 0 Å². The number of rotatable bonds is 7. The Hall–Kier alpha value is -2.16. The van der Waals surface area contributed by atoms with E-state index in [0.717, 1.165) is 0 Å². The summed E-state index contributed by atoms with van der Waals surface area (Å²) in [6.45, 7) is 9.37. The predicted octanol–water partition coefficient (Wildman–Crippen LogP) is 0.319. The van der Waals surface area contributed by atoms with Crippen molar-refractivity contribution in [3.8, 4) is 0 Å². The highest BCUT2D eigenvalue weighted by Crippen LogP contribution is 2.23. The van der Waals surface area contributed by atoms with Crippen molar-refractivity contribution in [1.29, 1.82) is 0 Å². The molecule has 0 aliphatic heterocycles. The molecule has 0 fully saturated rings. The molecule has 0 aromatic carbocycles. The standard InChI is InChI=1S/C12H15N2O5/c1-4-18-10(16)9(7-13)6-12(8-15,14-3)11(17)19-5-2/h15H,4-6,8H2,1-2H3/q-1. The summed E-state index contributed by atoms with van der Waals surface area (Å²) in [5.74, 6) is -0.287. The van der Waals surface area contributed by atoms with Crippen molar-refractivity contribution in [3.63, 3.8) is 0 Å². The summed E-state index contributed by atoms with van der Waals surface area (Å²) in [7, 11) is 0. The molecule has 0 aliphatic carbocycles. The molecule has 0 aliphatic rings. The number of carbonyl (C=O) groups is 2. The SMILES string of the molecule is [C-]#[N+]C(CO)(CC(=C=[N-])C(=O)OCC)C(=O)OCC. The third kappa shape index (κ3) is 4.21. The minimum absolute atomic E-state index is 0.0252. The van der Waals surface area contributed by atoms with Crippen LogP contribution in [0.3, 0.4) is 0 Å². The van der Waals surface area contributed by atoms with Gasteiger partial charge in [0.2, 0.25) is 0 Å². The lowest BCUT2D eigenvalue weighted by molar-refractivity contribution is -0.149. The molecule has 1 atom stereocenters. The van der Waals surface area contributed by atoms with Crippen LogP contribution in [0.25, 0.3) is 10.3 Å². The molecule has 0 aromatic heterocycles. The summed E-state index contributed by atoms with van der Waals surface area (Å²) in [5.41, 5.74) is -2.38. The quantitative estimate of drug-likeness (QED) is 0.310. The first-order valence-corrected chi connectivity index (χ1v) is 5.61. The van der Waals surface area contributed by atoms with Crippen LogP contribution in [0.2, 0.25) is 0 Å². The van der Waals surface area contributed by atoms with Gasteiger partial charge >= 0.3 is 17.5 Å². The fourth-order valence-electron chi connectivity index (χ4n) is 1.25. The van der Waals surface area contributed by atoms with Crippen molar-refractivity contribution in [2.24, 2.45) is 0 Å². The van der Waals surface area contributed by atoms with Crippen LogP contribution in [0.5, 0.6) is 0 Å². The largest absolute Gasteiger partial charge is 0.763 e. The van der Waals surface area contributed by atoms with E-state index in [9.17, 15) is 14.7 Å². The fourth-order valence-corrected chi connectivity index (χ4v) is 1.25. The molecule has 1 unspecified atom stereocenters. The Kier molecular flexibility index (Phi) is 7.12. The number of aliphatic hydroxyl groups is 1. The summed E-state index contributed by atoms with van der Waals surface area (Å²) >= 11 is 0. The molecule has 104 valence electrons. The molecule has 0 saturated heterocycles. The van der Waals surface area contributed by atoms with Gasteiger partial charge in [-0.1, -0.05) is 0 Å². The first-order valence-electron chi connectivity index (χ1n) is 5.61. The van der Waals surface area contributed by atoms with Crippen molar-refractivity contribution < 1.29 is 24.2 Å².